The van der Waals surface area contributed by atoms with Crippen LogP contribution < -0.4 is 15.2 Å². The highest BCUT2D eigenvalue weighted by Gasteiger charge is 2.32. The van der Waals surface area contributed by atoms with Crippen molar-refractivity contribution in [3.63, 3.8) is 0 Å². The van der Waals surface area contributed by atoms with Gasteiger partial charge in [0.1, 0.15) is 5.75 Å². The fraction of sp³-hybridized carbons (Fsp3) is 0.444. The maximum absolute atomic E-state index is 12.0. The molecule has 0 saturated carbocycles. The molecule has 0 unspecified atom stereocenters. The van der Waals surface area contributed by atoms with Crippen LogP contribution in [0.5, 0.6) is 11.6 Å². The van der Waals surface area contributed by atoms with E-state index in [0.29, 0.717) is 11.3 Å². The predicted octanol–water partition coefficient (Wildman–Crippen LogP) is 1.76. The lowest BCUT2D eigenvalue weighted by atomic mass is 10.2. The van der Waals surface area contributed by atoms with Gasteiger partial charge in [-0.2, -0.15) is 0 Å². The van der Waals surface area contributed by atoms with E-state index in [9.17, 15) is 13.2 Å². The summed E-state index contributed by atoms with van der Waals surface area (Å²) in [5, 5.41) is 0. The number of alkyl halides is 3. The number of pyridine rings is 1. The maximum atomic E-state index is 12.0. The molecular formula is C9H11F3N2O2. The minimum atomic E-state index is -4.77. The van der Waals surface area contributed by atoms with Crippen molar-refractivity contribution in [2.24, 2.45) is 5.73 Å². The van der Waals surface area contributed by atoms with E-state index in [4.69, 9.17) is 10.5 Å². The van der Waals surface area contributed by atoms with Gasteiger partial charge < -0.3 is 15.2 Å². The average Bonchev–Trinajstić information content (AvgIpc) is 2.14. The number of methoxy groups -OCH3 is 1. The number of halogens is 3. The van der Waals surface area contributed by atoms with Crippen LogP contribution in [0.25, 0.3) is 0 Å². The number of hydrogen-bond donors (Lipinski definition) is 1. The van der Waals surface area contributed by atoms with Gasteiger partial charge in [-0.3, -0.25) is 0 Å². The Kier molecular flexibility index (Phi) is 3.58. The van der Waals surface area contributed by atoms with Crippen LogP contribution in [0.15, 0.2) is 6.07 Å². The zero-order chi connectivity index (χ0) is 12.3. The molecule has 1 aromatic rings. The standard InChI is InChI=1S/C9H11F3N2O2/c1-5-6(4-13)7(15-2)3-8(14-5)16-9(10,11)12/h3H,4,13H2,1-2H3. The van der Waals surface area contributed by atoms with Crippen molar-refractivity contribution in [1.29, 1.82) is 0 Å². The summed E-state index contributed by atoms with van der Waals surface area (Å²) in [6.07, 6.45) is -4.77. The van der Waals surface area contributed by atoms with Gasteiger partial charge in [-0.1, -0.05) is 0 Å². The molecule has 1 heterocycles. The number of rotatable bonds is 3. The van der Waals surface area contributed by atoms with E-state index in [0.717, 1.165) is 6.07 Å². The number of hydrogen-bond acceptors (Lipinski definition) is 4. The van der Waals surface area contributed by atoms with Crippen LogP contribution in [-0.2, 0) is 6.54 Å². The third-order valence-electron chi connectivity index (χ3n) is 1.91. The highest BCUT2D eigenvalue weighted by molar-refractivity contribution is 5.39. The Morgan fingerprint density at radius 3 is 2.50 bits per heavy atom. The van der Waals surface area contributed by atoms with Crippen molar-refractivity contribution < 1.29 is 22.6 Å². The van der Waals surface area contributed by atoms with Gasteiger partial charge in [0.15, 0.2) is 0 Å². The van der Waals surface area contributed by atoms with Crippen LogP contribution in [0.3, 0.4) is 0 Å². The minimum absolute atomic E-state index is 0.133. The maximum Gasteiger partial charge on any atom is 0.574 e. The molecule has 0 saturated heterocycles. The molecular weight excluding hydrogens is 225 g/mol. The topological polar surface area (TPSA) is 57.4 Å². The Labute approximate surface area is 90.2 Å². The van der Waals surface area contributed by atoms with Crippen LogP contribution in [0.4, 0.5) is 13.2 Å². The molecule has 90 valence electrons. The molecule has 0 aliphatic carbocycles. The molecule has 0 aromatic carbocycles. The molecule has 2 N–H and O–H groups in total. The third-order valence-corrected chi connectivity index (χ3v) is 1.91. The van der Waals surface area contributed by atoms with E-state index >= 15 is 0 Å². The first-order chi connectivity index (χ1) is 7.37. The van der Waals surface area contributed by atoms with Crippen molar-refractivity contribution in [2.45, 2.75) is 19.8 Å². The monoisotopic (exact) mass is 236 g/mol. The van der Waals surface area contributed by atoms with Crippen LogP contribution in [0.1, 0.15) is 11.3 Å². The molecule has 0 aliphatic heterocycles. The van der Waals surface area contributed by atoms with Gasteiger partial charge in [-0.15, -0.1) is 13.2 Å². The Bertz CT molecular complexity index is 380. The molecule has 7 heteroatoms. The second-order valence-electron chi connectivity index (χ2n) is 2.98. The Hall–Kier alpha value is -1.50. The fourth-order valence-corrected chi connectivity index (χ4v) is 1.24. The van der Waals surface area contributed by atoms with Crippen LogP contribution in [0, 0.1) is 6.92 Å². The van der Waals surface area contributed by atoms with E-state index in [-0.39, 0.29) is 12.3 Å². The summed E-state index contributed by atoms with van der Waals surface area (Å²) in [4.78, 5) is 3.64. The third kappa shape index (κ3) is 2.99. The van der Waals surface area contributed by atoms with Crippen molar-refractivity contribution in [3.8, 4) is 11.6 Å². The number of nitrogens with two attached hydrogens (primary N) is 1. The predicted molar refractivity (Wildman–Crippen MR) is 50.1 cm³/mol. The largest absolute Gasteiger partial charge is 0.574 e. The van der Waals surface area contributed by atoms with Gasteiger partial charge in [-0.25, -0.2) is 4.98 Å². The second-order valence-corrected chi connectivity index (χ2v) is 2.98. The van der Waals surface area contributed by atoms with E-state index in [1.165, 1.54) is 14.0 Å². The van der Waals surface area contributed by atoms with E-state index < -0.39 is 12.2 Å². The molecule has 0 atom stereocenters. The SMILES string of the molecule is COc1cc(OC(F)(F)F)nc(C)c1CN. The van der Waals surface area contributed by atoms with E-state index in [2.05, 4.69) is 9.72 Å². The lowest BCUT2D eigenvalue weighted by Gasteiger charge is -2.13. The van der Waals surface area contributed by atoms with Gasteiger partial charge >= 0.3 is 6.36 Å². The summed E-state index contributed by atoms with van der Waals surface area (Å²) in [7, 11) is 1.34. The fourth-order valence-electron chi connectivity index (χ4n) is 1.24. The van der Waals surface area contributed by atoms with Gasteiger partial charge in [0.2, 0.25) is 5.88 Å². The summed E-state index contributed by atoms with van der Waals surface area (Å²) in [6, 6.07) is 1.06. The molecule has 0 bridgehead atoms. The molecule has 0 aliphatic rings. The van der Waals surface area contributed by atoms with Crippen molar-refractivity contribution >= 4 is 0 Å². The molecule has 4 nitrogen and oxygen atoms in total. The lowest BCUT2D eigenvalue weighted by Crippen LogP contribution is -2.18. The van der Waals surface area contributed by atoms with Crippen molar-refractivity contribution in [2.75, 3.05) is 7.11 Å². The molecule has 1 rings (SSSR count). The minimum Gasteiger partial charge on any atom is -0.496 e. The summed E-state index contributed by atoms with van der Waals surface area (Å²) < 4.78 is 44.5. The molecule has 0 fully saturated rings. The molecule has 0 spiro atoms. The molecule has 16 heavy (non-hydrogen) atoms. The quantitative estimate of drug-likeness (QED) is 0.868. The zero-order valence-electron chi connectivity index (χ0n) is 8.76. The highest BCUT2D eigenvalue weighted by atomic mass is 19.4. The Morgan fingerprint density at radius 2 is 2.06 bits per heavy atom. The normalized spacial score (nSPS) is 11.4. The van der Waals surface area contributed by atoms with E-state index in [1.807, 2.05) is 0 Å². The highest BCUT2D eigenvalue weighted by Crippen LogP contribution is 2.28. The van der Waals surface area contributed by atoms with Gasteiger partial charge in [-0.05, 0) is 6.92 Å². The average molecular weight is 236 g/mol. The van der Waals surface area contributed by atoms with E-state index in [1.54, 1.807) is 0 Å². The van der Waals surface area contributed by atoms with Crippen LogP contribution >= 0.6 is 0 Å². The van der Waals surface area contributed by atoms with Crippen LogP contribution in [0.2, 0.25) is 0 Å². The first-order valence-electron chi connectivity index (χ1n) is 4.37. The smallest absolute Gasteiger partial charge is 0.496 e. The summed E-state index contributed by atoms with van der Waals surface area (Å²) in [5.74, 6) is -0.326. The molecule has 0 amide bonds. The lowest BCUT2D eigenvalue weighted by molar-refractivity contribution is -0.276. The van der Waals surface area contributed by atoms with Crippen molar-refractivity contribution in [1.82, 2.24) is 4.98 Å². The Morgan fingerprint density at radius 1 is 1.44 bits per heavy atom. The van der Waals surface area contributed by atoms with Crippen LogP contribution in [-0.4, -0.2) is 18.5 Å². The summed E-state index contributed by atoms with van der Waals surface area (Å²) >= 11 is 0. The van der Waals surface area contributed by atoms with Gasteiger partial charge in [0, 0.05) is 23.9 Å². The van der Waals surface area contributed by atoms with Crippen molar-refractivity contribution in [3.05, 3.63) is 17.3 Å². The first-order valence-corrected chi connectivity index (χ1v) is 4.37. The number of aromatic nitrogens is 1. The molecule has 1 aromatic heterocycles. The number of nitrogens with zero attached hydrogens (tertiary/aromatic N) is 1. The van der Waals surface area contributed by atoms with Gasteiger partial charge in [0.25, 0.3) is 0 Å². The summed E-state index contributed by atoms with van der Waals surface area (Å²) in [6.45, 7) is 1.67. The second kappa shape index (κ2) is 4.56. The Balaban J connectivity index is 3.10. The van der Waals surface area contributed by atoms with Gasteiger partial charge in [0.05, 0.1) is 7.11 Å². The number of aryl methyl sites for hydroxylation is 1. The first kappa shape index (κ1) is 12.6. The molecule has 0 radical (unpaired) electrons. The summed E-state index contributed by atoms with van der Waals surface area (Å²) in [5.41, 5.74) is 6.32. The zero-order valence-corrected chi connectivity index (χ0v) is 8.76. The number of ether oxygens (including phenoxy) is 2.